The van der Waals surface area contributed by atoms with Crippen molar-refractivity contribution < 1.29 is 20.1 Å². The molecule has 0 amide bonds. The van der Waals surface area contributed by atoms with Crippen LogP contribution in [0.3, 0.4) is 0 Å². The molecule has 0 atom stereocenters. The molecular formula is C31H50IrNP. The molecule has 0 bridgehead atoms. The van der Waals surface area contributed by atoms with Crippen LogP contribution >= 0.6 is 7.92 Å². The Morgan fingerprint density at radius 2 is 0.765 bits per heavy atom. The minimum Gasteiger partial charge on any atom is -0.265 e. The molecule has 0 saturated heterocycles. The zero-order valence-electron chi connectivity index (χ0n) is 21.6. The van der Waals surface area contributed by atoms with Crippen LogP contribution in [0, 0.1) is 0 Å². The maximum absolute atomic E-state index is 3.78. The molecule has 1 aromatic rings. The van der Waals surface area contributed by atoms with Crippen LogP contribution in [-0.2, 0) is 20.1 Å². The maximum atomic E-state index is 3.78. The molecule has 3 heteroatoms. The van der Waals surface area contributed by atoms with Crippen LogP contribution in [0.4, 0.5) is 0 Å². The first-order chi connectivity index (χ1) is 16.4. The second-order valence-electron chi connectivity index (χ2n) is 10.4. The zero-order valence-corrected chi connectivity index (χ0v) is 24.9. The monoisotopic (exact) mass is 660 g/mol. The molecule has 1 aromatic heterocycles. The third kappa shape index (κ3) is 12.1. The molecule has 34 heavy (non-hydrogen) atoms. The van der Waals surface area contributed by atoms with E-state index in [1.165, 1.54) is 61.9 Å². The summed E-state index contributed by atoms with van der Waals surface area (Å²) in [5, 5.41) is 0. The molecule has 1 radical (unpaired) electrons. The molecule has 3 fully saturated rings. The van der Waals surface area contributed by atoms with E-state index in [1.54, 1.807) is 89.4 Å². The fraction of sp³-hybridized carbons (Fsp3) is 0.710. The topological polar surface area (TPSA) is 12.9 Å². The summed E-state index contributed by atoms with van der Waals surface area (Å²) in [7, 11) is 0.385. The average Bonchev–Trinajstić information content (AvgIpc) is 2.88. The van der Waals surface area contributed by atoms with Crippen molar-refractivity contribution in [2.75, 3.05) is 0 Å². The van der Waals surface area contributed by atoms with E-state index in [-0.39, 0.29) is 20.1 Å². The van der Waals surface area contributed by atoms with E-state index < -0.39 is 0 Å². The van der Waals surface area contributed by atoms with Crippen LogP contribution < -0.4 is 0 Å². The van der Waals surface area contributed by atoms with Gasteiger partial charge in [0.2, 0.25) is 0 Å². The molecule has 193 valence electrons. The second kappa shape index (κ2) is 19.8. The Kier molecular flexibility index (Phi) is 17.5. The summed E-state index contributed by atoms with van der Waals surface area (Å²) in [6, 6.07) is 5.72. The van der Waals surface area contributed by atoms with Crippen LogP contribution in [0.15, 0.2) is 54.9 Å². The van der Waals surface area contributed by atoms with Crippen molar-refractivity contribution in [3.63, 3.8) is 0 Å². The smallest absolute Gasteiger partial charge is 0.0267 e. The first-order valence-electron chi connectivity index (χ1n) is 14.4. The molecule has 0 aromatic carbocycles. The Bertz CT molecular complexity index is 533. The summed E-state index contributed by atoms with van der Waals surface area (Å²) < 4.78 is 0. The van der Waals surface area contributed by atoms with Gasteiger partial charge in [-0.1, -0.05) is 96.1 Å². The molecule has 0 aliphatic heterocycles. The molecule has 1 nitrogen and oxygen atoms in total. The van der Waals surface area contributed by atoms with Gasteiger partial charge in [-0.3, -0.25) is 4.98 Å². The van der Waals surface area contributed by atoms with E-state index in [0.717, 1.165) is 0 Å². The number of aromatic nitrogens is 1. The van der Waals surface area contributed by atoms with Gasteiger partial charge in [-0.05, 0) is 93.3 Å². The Morgan fingerprint density at radius 1 is 0.441 bits per heavy atom. The molecule has 0 unspecified atom stereocenters. The number of allylic oxidation sites excluding steroid dienone is 4. The van der Waals surface area contributed by atoms with Gasteiger partial charge in [-0.15, -0.1) is 0 Å². The van der Waals surface area contributed by atoms with E-state index >= 15 is 0 Å². The summed E-state index contributed by atoms with van der Waals surface area (Å²) in [5.41, 5.74) is 3.57. The molecule has 3 saturated carbocycles. The number of hydrogen-bond acceptors (Lipinski definition) is 1. The van der Waals surface area contributed by atoms with Crippen LogP contribution in [0.2, 0.25) is 0 Å². The summed E-state index contributed by atoms with van der Waals surface area (Å²) in [6.07, 6.45) is 41.1. The molecular weight excluding hydrogens is 610 g/mol. The second-order valence-corrected chi connectivity index (χ2v) is 13.5. The molecule has 1 heterocycles. The van der Waals surface area contributed by atoms with E-state index in [9.17, 15) is 0 Å². The van der Waals surface area contributed by atoms with Gasteiger partial charge in [0.05, 0.1) is 0 Å². The largest absolute Gasteiger partial charge is 0.265 e. The average molecular weight is 660 g/mol. The van der Waals surface area contributed by atoms with Gasteiger partial charge in [0, 0.05) is 32.5 Å². The standard InChI is InChI=1S/C18H33P.C8H12.C5H5N.Ir/c1-4-10-16(11-5-1)19(17-12-6-2-7-13-17)18-14-8-3-9-15-18;1-2-4-6-8-7-5-3-1;1-2-4-6-5-3-1;/h16-18H,1-15H2;1-2,7-8H,3-6H2;1-5H;. The number of rotatable bonds is 3. The predicted molar refractivity (Wildman–Crippen MR) is 149 cm³/mol. The normalized spacial score (nSPS) is 22.3. The zero-order chi connectivity index (χ0) is 22.8. The molecule has 4 aliphatic rings. The predicted octanol–water partition coefficient (Wildman–Crippen LogP) is 10.2. The third-order valence-corrected chi connectivity index (χ3v) is 12.0. The van der Waals surface area contributed by atoms with Gasteiger partial charge in [-0.25, -0.2) is 0 Å². The minimum atomic E-state index is 0. The van der Waals surface area contributed by atoms with Crippen molar-refractivity contribution in [3.05, 3.63) is 54.9 Å². The fourth-order valence-corrected chi connectivity index (χ4v) is 10.9. The number of pyridine rings is 1. The van der Waals surface area contributed by atoms with Gasteiger partial charge in [0.25, 0.3) is 0 Å². The minimum absolute atomic E-state index is 0. The summed E-state index contributed by atoms with van der Waals surface area (Å²) in [6.45, 7) is 0. The molecule has 0 spiro atoms. The Balaban J connectivity index is 0.000000224. The quantitative estimate of drug-likeness (QED) is 0.233. The van der Waals surface area contributed by atoms with Crippen LogP contribution in [0.1, 0.15) is 122 Å². The Hall–Kier alpha value is -0.291. The Labute approximate surface area is 226 Å². The van der Waals surface area contributed by atoms with Crippen molar-refractivity contribution in [1.82, 2.24) is 4.98 Å². The van der Waals surface area contributed by atoms with E-state index in [0.29, 0.717) is 7.92 Å². The van der Waals surface area contributed by atoms with Crippen molar-refractivity contribution in [2.24, 2.45) is 0 Å². The summed E-state index contributed by atoms with van der Waals surface area (Å²) in [5.74, 6) is 0. The summed E-state index contributed by atoms with van der Waals surface area (Å²) in [4.78, 5) is 3.78. The van der Waals surface area contributed by atoms with Crippen LogP contribution in [0.25, 0.3) is 0 Å². The van der Waals surface area contributed by atoms with E-state index in [1.807, 2.05) is 18.2 Å². The van der Waals surface area contributed by atoms with Gasteiger partial charge >= 0.3 is 0 Å². The first kappa shape index (κ1) is 29.9. The first-order valence-corrected chi connectivity index (χ1v) is 15.9. The third-order valence-electron chi connectivity index (χ3n) is 7.89. The van der Waals surface area contributed by atoms with Crippen molar-refractivity contribution in [2.45, 2.75) is 139 Å². The Morgan fingerprint density at radius 3 is 1.00 bits per heavy atom. The maximum Gasteiger partial charge on any atom is 0.0267 e. The summed E-state index contributed by atoms with van der Waals surface area (Å²) >= 11 is 0. The van der Waals surface area contributed by atoms with Crippen molar-refractivity contribution in [1.29, 1.82) is 0 Å². The van der Waals surface area contributed by atoms with E-state index in [4.69, 9.17) is 0 Å². The molecule has 5 rings (SSSR count). The molecule has 0 N–H and O–H groups in total. The van der Waals surface area contributed by atoms with Gasteiger partial charge in [0.15, 0.2) is 0 Å². The van der Waals surface area contributed by atoms with Crippen molar-refractivity contribution >= 4 is 7.92 Å². The van der Waals surface area contributed by atoms with Crippen LogP contribution in [0.5, 0.6) is 0 Å². The van der Waals surface area contributed by atoms with Gasteiger partial charge < -0.3 is 0 Å². The fourth-order valence-electron chi connectivity index (χ4n) is 6.20. The SMILES string of the molecule is C1=CCCC=CCC1.C1CCC(P(C2CCCCC2)C2CCCCC2)CC1.[Ir].c1ccncc1. The van der Waals surface area contributed by atoms with E-state index in [2.05, 4.69) is 29.3 Å². The van der Waals surface area contributed by atoms with Crippen molar-refractivity contribution in [3.8, 4) is 0 Å². The number of nitrogens with zero attached hydrogens (tertiary/aromatic N) is 1. The van der Waals surface area contributed by atoms with Crippen LogP contribution in [-0.4, -0.2) is 22.0 Å². The van der Waals surface area contributed by atoms with Gasteiger partial charge in [-0.2, -0.15) is 0 Å². The molecule has 4 aliphatic carbocycles. The number of hydrogen-bond donors (Lipinski definition) is 0. The van der Waals surface area contributed by atoms with Gasteiger partial charge in [0.1, 0.15) is 0 Å².